The monoisotopic (exact) mass is 244 g/mol. The Morgan fingerprint density at radius 2 is 1.94 bits per heavy atom. The van der Waals surface area contributed by atoms with Crippen LogP contribution >= 0.6 is 0 Å². The number of nitrogens with two attached hydrogens (primary N) is 1. The summed E-state index contributed by atoms with van der Waals surface area (Å²) in [5.41, 5.74) is 4.21. The molecule has 7 heteroatoms. The summed E-state index contributed by atoms with van der Waals surface area (Å²) in [6.45, 7) is 3.57. The first-order valence-electron chi connectivity index (χ1n) is 5.21. The molecule has 4 N–H and O–H groups in total. The molecule has 1 fully saturated rings. The highest BCUT2D eigenvalue weighted by Crippen LogP contribution is 2.58. The van der Waals surface area contributed by atoms with Crippen LogP contribution in [0.5, 0.6) is 0 Å². The molecule has 0 aromatic carbocycles. The molecule has 0 aromatic heterocycles. The summed E-state index contributed by atoms with van der Waals surface area (Å²) in [7, 11) is 0. The van der Waals surface area contributed by atoms with E-state index in [1.54, 1.807) is 13.8 Å². The summed E-state index contributed by atoms with van der Waals surface area (Å²) < 4.78 is 4.43. The van der Waals surface area contributed by atoms with E-state index in [4.69, 9.17) is 10.8 Å². The van der Waals surface area contributed by atoms with Gasteiger partial charge >= 0.3 is 12.1 Å². The smallest absolute Gasteiger partial charge is 0.404 e. The number of amides is 2. The van der Waals surface area contributed by atoms with Crippen LogP contribution in [0.15, 0.2) is 0 Å². The summed E-state index contributed by atoms with van der Waals surface area (Å²) in [6, 6.07) is 0. The Morgan fingerprint density at radius 3 is 2.35 bits per heavy atom. The third-order valence-corrected chi connectivity index (χ3v) is 3.02. The van der Waals surface area contributed by atoms with Crippen LogP contribution in [0.1, 0.15) is 13.8 Å². The van der Waals surface area contributed by atoms with E-state index in [1.165, 1.54) is 0 Å². The minimum atomic E-state index is -0.969. The predicted octanol–water partition coefficient (Wildman–Crippen LogP) is -0.445. The maximum Gasteiger partial charge on any atom is 0.404 e. The maximum atomic E-state index is 11.6. The van der Waals surface area contributed by atoms with E-state index >= 15 is 0 Å². The van der Waals surface area contributed by atoms with Gasteiger partial charge in [-0.3, -0.25) is 9.59 Å². The van der Waals surface area contributed by atoms with Gasteiger partial charge in [-0.05, 0) is 5.41 Å². The molecule has 0 spiro atoms. The molecule has 1 aliphatic carbocycles. The molecule has 0 aromatic rings. The Labute approximate surface area is 98.3 Å². The van der Waals surface area contributed by atoms with Crippen molar-refractivity contribution in [3.8, 4) is 0 Å². The second-order valence-corrected chi connectivity index (χ2v) is 4.57. The van der Waals surface area contributed by atoms with E-state index < -0.39 is 29.3 Å². The molecule has 0 radical (unpaired) electrons. The predicted molar refractivity (Wildman–Crippen MR) is 56.9 cm³/mol. The topological polar surface area (TPSA) is 119 Å². The Balaban J connectivity index is 2.35. The van der Waals surface area contributed by atoms with E-state index in [1.807, 2.05) is 0 Å². The van der Waals surface area contributed by atoms with Crippen LogP contribution in [-0.2, 0) is 14.3 Å². The highest BCUT2D eigenvalue weighted by atomic mass is 16.5. The summed E-state index contributed by atoms with van der Waals surface area (Å²) in [5, 5.41) is 11.4. The van der Waals surface area contributed by atoms with Gasteiger partial charge in [0.25, 0.3) is 0 Å². The van der Waals surface area contributed by atoms with E-state index in [2.05, 4.69) is 10.1 Å². The Morgan fingerprint density at radius 1 is 1.35 bits per heavy atom. The summed E-state index contributed by atoms with van der Waals surface area (Å²) in [6.07, 6.45) is -0.908. The van der Waals surface area contributed by atoms with E-state index in [0.29, 0.717) is 0 Å². The van der Waals surface area contributed by atoms with Crippen molar-refractivity contribution in [2.75, 3.05) is 13.2 Å². The molecular weight excluding hydrogens is 228 g/mol. The first-order valence-corrected chi connectivity index (χ1v) is 5.21. The van der Waals surface area contributed by atoms with Crippen molar-refractivity contribution in [3.63, 3.8) is 0 Å². The second kappa shape index (κ2) is 4.60. The molecule has 2 atom stereocenters. The quantitative estimate of drug-likeness (QED) is 0.566. The molecule has 96 valence electrons. The number of carboxylic acid groups (broad SMARTS) is 1. The number of aliphatic carboxylic acids is 1. The number of primary amides is 1. The molecule has 2 amide bonds. The highest BCUT2D eigenvalue weighted by Gasteiger charge is 2.65. The molecule has 0 unspecified atom stereocenters. The van der Waals surface area contributed by atoms with Crippen LogP contribution in [-0.4, -0.2) is 36.2 Å². The van der Waals surface area contributed by atoms with Gasteiger partial charge < -0.3 is 20.9 Å². The summed E-state index contributed by atoms with van der Waals surface area (Å²) in [4.78, 5) is 32.7. The van der Waals surface area contributed by atoms with Gasteiger partial charge in [0.15, 0.2) is 0 Å². The standard InChI is InChI=1S/C10H16N2O5/c1-10(2)5(6(10)8(14)15)7(13)12-3-4-17-9(11)16/h5-6H,3-4H2,1-2H3,(H2,11,16)(H,12,13)(H,14,15)/t5-,6+/m1/s1. The SMILES string of the molecule is CC1(C)[C@H](C(=O)O)[C@@H]1C(=O)NCCOC(N)=O. The Hall–Kier alpha value is -1.79. The van der Waals surface area contributed by atoms with Gasteiger partial charge in [-0.25, -0.2) is 4.79 Å². The van der Waals surface area contributed by atoms with Crippen molar-refractivity contribution in [2.45, 2.75) is 13.8 Å². The minimum Gasteiger partial charge on any atom is -0.481 e. The average Bonchev–Trinajstić information content (AvgIpc) is 2.76. The molecule has 0 aliphatic heterocycles. The van der Waals surface area contributed by atoms with Crippen molar-refractivity contribution in [2.24, 2.45) is 23.0 Å². The van der Waals surface area contributed by atoms with Gasteiger partial charge in [0.05, 0.1) is 18.4 Å². The van der Waals surface area contributed by atoms with Gasteiger partial charge in [0, 0.05) is 0 Å². The van der Waals surface area contributed by atoms with Crippen LogP contribution in [0, 0.1) is 17.3 Å². The van der Waals surface area contributed by atoms with Crippen LogP contribution < -0.4 is 11.1 Å². The zero-order valence-corrected chi connectivity index (χ0v) is 9.73. The van der Waals surface area contributed by atoms with Crippen LogP contribution in [0.25, 0.3) is 0 Å². The lowest BCUT2D eigenvalue weighted by molar-refractivity contribution is -0.140. The average molecular weight is 244 g/mol. The second-order valence-electron chi connectivity index (χ2n) is 4.57. The van der Waals surface area contributed by atoms with Gasteiger partial charge in [-0.15, -0.1) is 0 Å². The number of carbonyl (C=O) groups is 3. The lowest BCUT2D eigenvalue weighted by Crippen LogP contribution is -2.31. The molecule has 17 heavy (non-hydrogen) atoms. The fourth-order valence-electron chi connectivity index (χ4n) is 2.02. The molecule has 0 heterocycles. The Bertz CT molecular complexity index is 353. The van der Waals surface area contributed by atoms with Crippen LogP contribution in [0.2, 0.25) is 0 Å². The molecule has 7 nitrogen and oxygen atoms in total. The summed E-state index contributed by atoms with van der Waals surface area (Å²) in [5.74, 6) is -2.49. The van der Waals surface area contributed by atoms with Gasteiger partial charge in [-0.2, -0.15) is 0 Å². The normalized spacial score (nSPS) is 24.8. The van der Waals surface area contributed by atoms with E-state index in [9.17, 15) is 14.4 Å². The number of carbonyl (C=O) groups excluding carboxylic acids is 2. The first-order chi connectivity index (χ1) is 7.78. The fourth-order valence-corrected chi connectivity index (χ4v) is 2.02. The fraction of sp³-hybridized carbons (Fsp3) is 0.700. The summed E-state index contributed by atoms with van der Waals surface area (Å²) >= 11 is 0. The number of ether oxygens (including phenoxy) is 1. The number of rotatable bonds is 5. The van der Waals surface area contributed by atoms with Gasteiger partial charge in [-0.1, -0.05) is 13.8 Å². The highest BCUT2D eigenvalue weighted by molar-refractivity contribution is 5.91. The molecule has 0 saturated heterocycles. The number of carboxylic acids is 1. The van der Waals surface area contributed by atoms with E-state index in [-0.39, 0.29) is 19.1 Å². The van der Waals surface area contributed by atoms with Crippen molar-refractivity contribution in [1.82, 2.24) is 5.32 Å². The lowest BCUT2D eigenvalue weighted by atomic mass is 10.1. The Kier molecular flexibility index (Phi) is 3.59. The number of hydrogen-bond acceptors (Lipinski definition) is 4. The first kappa shape index (κ1) is 13.3. The number of hydrogen-bond donors (Lipinski definition) is 3. The van der Waals surface area contributed by atoms with Gasteiger partial charge in [0.1, 0.15) is 6.61 Å². The molecule has 1 aliphatic rings. The largest absolute Gasteiger partial charge is 0.481 e. The lowest BCUT2D eigenvalue weighted by Gasteiger charge is -2.05. The van der Waals surface area contributed by atoms with Crippen LogP contribution in [0.4, 0.5) is 4.79 Å². The molecule has 1 saturated carbocycles. The maximum absolute atomic E-state index is 11.6. The van der Waals surface area contributed by atoms with Crippen LogP contribution in [0.3, 0.4) is 0 Å². The van der Waals surface area contributed by atoms with Crippen molar-refractivity contribution in [1.29, 1.82) is 0 Å². The third kappa shape index (κ3) is 2.86. The third-order valence-electron chi connectivity index (χ3n) is 3.02. The minimum absolute atomic E-state index is 0.0219. The number of nitrogens with one attached hydrogen (secondary N) is 1. The molecule has 0 bridgehead atoms. The zero-order valence-electron chi connectivity index (χ0n) is 9.73. The van der Waals surface area contributed by atoms with Crippen molar-refractivity contribution >= 4 is 18.0 Å². The molecular formula is C10H16N2O5. The zero-order chi connectivity index (χ0) is 13.2. The van der Waals surface area contributed by atoms with Crippen molar-refractivity contribution < 1.29 is 24.2 Å². The van der Waals surface area contributed by atoms with E-state index in [0.717, 1.165) is 0 Å². The molecule has 1 rings (SSSR count). The van der Waals surface area contributed by atoms with Crippen molar-refractivity contribution in [3.05, 3.63) is 0 Å². The van der Waals surface area contributed by atoms with Gasteiger partial charge in [0.2, 0.25) is 5.91 Å².